The number of carbonyl (C=O) groups excluding carboxylic acids is 5. The second-order valence-electron chi connectivity index (χ2n) is 28.9. The molecule has 122 heavy (non-hydrogen) atoms. The summed E-state index contributed by atoms with van der Waals surface area (Å²) in [7, 11) is -1.13. The van der Waals surface area contributed by atoms with E-state index in [0.29, 0.717) is 109 Å². The number of aromatic hydroxyl groups is 2. The predicted molar refractivity (Wildman–Crippen MR) is 496 cm³/mol. The third-order valence-corrected chi connectivity index (χ3v) is 19.1. The molecule has 0 saturated heterocycles. The number of nitrogens with one attached hydrogen (secondary N) is 3. The summed E-state index contributed by atoms with van der Waals surface area (Å²) < 4.78 is 22.6. The first-order chi connectivity index (χ1) is 58.6. The molecule has 3 atom stereocenters. The largest absolute Gasteiger partial charge is 0.508 e. The highest BCUT2D eigenvalue weighted by Crippen LogP contribution is 2.32. The quantitative estimate of drug-likeness (QED) is 0.00664. The van der Waals surface area contributed by atoms with E-state index in [2.05, 4.69) is 15.7 Å². The zero-order chi connectivity index (χ0) is 91.1. The smallest absolute Gasteiger partial charge is 0.374 e. The van der Waals surface area contributed by atoms with Crippen LogP contribution in [-0.2, 0) is 51.3 Å². The minimum absolute atomic E-state index is 0.0258. The predicted octanol–water partition coefficient (Wildman–Crippen LogP) is 20.8. The molecule has 19 nitrogen and oxygen atoms in total. The summed E-state index contributed by atoms with van der Waals surface area (Å²) in [6, 6.07) is 74.9. The lowest BCUT2D eigenvalue weighted by Gasteiger charge is -2.24. The van der Waals surface area contributed by atoms with Gasteiger partial charge in [-0.15, -0.1) is 0 Å². The summed E-state index contributed by atoms with van der Waals surface area (Å²) in [6.45, 7) is 16.0. The number of fused-ring (bicyclic) bond motifs is 1. The number of ether oxygens (including phenoxy) is 2. The van der Waals surface area contributed by atoms with Crippen LogP contribution < -0.4 is 30.6 Å². The lowest BCUT2D eigenvalue weighted by atomic mass is 9.83. The average Bonchev–Trinajstić information content (AvgIpc) is 0.773. The molecule has 10 aromatic carbocycles. The fraction of sp³-hybridized carbons (Fsp3) is 0.266. The van der Waals surface area contributed by atoms with Crippen molar-refractivity contribution >= 4 is 136 Å². The van der Waals surface area contributed by atoms with Gasteiger partial charge in [0.2, 0.25) is 5.24 Å². The molecule has 0 amide bonds. The van der Waals surface area contributed by atoms with Gasteiger partial charge < -0.3 is 60.0 Å². The molecule has 0 bridgehead atoms. The lowest BCUT2D eigenvalue weighted by molar-refractivity contribution is -0.140. The Bertz CT molecular complexity index is 5070. The number of hydrogen-bond acceptors (Lipinski definition) is 18. The minimum Gasteiger partial charge on any atom is -0.508 e. The van der Waals surface area contributed by atoms with Crippen molar-refractivity contribution in [2.24, 2.45) is 17.8 Å². The number of rotatable bonds is 30. The number of esters is 2. The molecular weight excluding hydrogens is 1670 g/mol. The van der Waals surface area contributed by atoms with Crippen LogP contribution in [0.4, 0.5) is 0 Å². The van der Waals surface area contributed by atoms with Crippen molar-refractivity contribution in [2.75, 3.05) is 0 Å². The van der Waals surface area contributed by atoms with Gasteiger partial charge in [-0.25, -0.2) is 4.79 Å². The normalized spacial score (nSPS) is 11.2. The number of ketones is 2. The molecular formula is C94H106B3Cl6N3O16. The number of carbonyl (C=O) groups is 6. The Labute approximate surface area is 747 Å². The Balaban J connectivity index is 0.000000311. The summed E-state index contributed by atoms with van der Waals surface area (Å²) in [5.41, 5.74) is 7.11. The van der Waals surface area contributed by atoms with E-state index in [4.69, 9.17) is 100 Å². The maximum absolute atomic E-state index is 13.3. The molecule has 644 valence electrons. The number of phenolic OH excluding ortho intramolecular Hbond substituents is 2. The van der Waals surface area contributed by atoms with Gasteiger partial charge in [0.05, 0.1) is 22.6 Å². The van der Waals surface area contributed by atoms with Crippen LogP contribution in [0, 0.1) is 17.8 Å². The lowest BCUT2D eigenvalue weighted by Crippen LogP contribution is -2.49. The van der Waals surface area contributed by atoms with Gasteiger partial charge in [-0.05, 0) is 182 Å². The molecule has 9 N–H and O–H groups in total. The first-order valence-electron chi connectivity index (χ1n) is 40.2. The summed E-state index contributed by atoms with van der Waals surface area (Å²) in [6.07, 6.45) is 4.58. The Morgan fingerprint density at radius 2 is 0.861 bits per heavy atom. The van der Waals surface area contributed by atoms with Gasteiger partial charge in [0.15, 0.2) is 17.0 Å². The number of phenols is 2. The zero-order valence-electron chi connectivity index (χ0n) is 70.8. The van der Waals surface area contributed by atoms with E-state index >= 15 is 0 Å². The zero-order valence-corrected chi connectivity index (χ0v) is 74.4. The second-order valence-corrected chi connectivity index (χ2v) is 31.5. The van der Waals surface area contributed by atoms with Gasteiger partial charge in [-0.3, -0.25) is 28.8 Å². The van der Waals surface area contributed by atoms with Crippen LogP contribution in [0.1, 0.15) is 142 Å². The van der Waals surface area contributed by atoms with Crippen LogP contribution in [0.15, 0.2) is 264 Å². The topological polar surface area (TPSA) is 309 Å². The summed E-state index contributed by atoms with van der Waals surface area (Å²) in [5, 5.41) is 66.4. The summed E-state index contributed by atoms with van der Waals surface area (Å²) in [4.78, 5) is 83.1. The number of benzene rings is 10. The first-order valence-corrected chi connectivity index (χ1v) is 41.5. The highest BCUT2D eigenvalue weighted by Gasteiger charge is 2.30. The monoisotopic (exact) mass is 1780 g/mol. The molecule has 0 saturated carbocycles. The van der Waals surface area contributed by atoms with Crippen molar-refractivity contribution in [3.8, 4) is 23.0 Å². The van der Waals surface area contributed by atoms with Gasteiger partial charge in [-0.2, -0.15) is 0 Å². The number of Topliss-reactive ketones (excluding diaryl/α,β-unsaturated/α-hetero) is 2. The summed E-state index contributed by atoms with van der Waals surface area (Å²) >= 11 is 34.4. The SMILES string of the molecule is CB(O)NC(C(=O)Oc1cc(Cl)ccc1C(=O)CCc1ccccc1)C(C)C.CB(O)NC(c1oc2cc(Cl)ccc2c(=O)c1Cc1ccccc1)C(C)C.CB(O)N[C@@H](C(=O)O)C(C)C.O=C(CCc1ccccc1)Oc1cccc(Cl)c1.O=C(CCc1ccccc1)c1ccc(Cl)cc1O.O=C(Cl)CCc1ccccc1.Oc1cccc(Cl)c1.[2H]C. The Kier molecular flexibility index (Phi) is 47.1. The van der Waals surface area contributed by atoms with Crippen LogP contribution in [0.2, 0.25) is 45.6 Å². The number of carboxylic acid groups (broad SMARTS) is 1. The second kappa shape index (κ2) is 56.0. The molecule has 0 aliphatic carbocycles. The number of hydrogen-bond donors (Lipinski definition) is 9. The van der Waals surface area contributed by atoms with E-state index in [-0.39, 0.29) is 75.7 Å². The number of aliphatic carboxylic acids is 1. The molecule has 11 rings (SSSR count). The maximum atomic E-state index is 13.3. The third-order valence-electron chi connectivity index (χ3n) is 17.7. The van der Waals surface area contributed by atoms with Gasteiger partial charge in [0, 0.05) is 76.3 Å². The standard InChI is InChI=1S/C21H25BClNO4.C21H23BClNO3.2C15H13ClO2.C9H9ClO.C6H14BNO3.C6H5ClO.CH4/c1-14(2)20(24-22(3)27)21(26)28-19-13-16(23)10-11-17(19)18(25)12-9-15-7-5-4-6-8-15;1-13(2)19(24-22(3)26)21-17(11-14-7-5-4-6-8-14)20(25)16-10-9-15(23)12-18(16)27-21;16-13-7-4-8-14(11-13)18-15(17)10-9-12-5-2-1-3-6-12;16-12-7-8-13(15(18)10-12)14(17)9-6-11-4-2-1-3-5-11;10-9(11)7-6-8-4-2-1-3-5-8;1-4(2)5(6(9)10)8-7(3)11;7-5-2-1-3-6(8)4-5;/h4-8,10-11,13-14,20,24,27H,9,12H2,1-3H3;4-10,12-13,19,24,26H,11H2,1-3H3;1-8,11H,9-10H2;1-5,7-8,10,18H,6,9H2;1-5H,6-7H2;4-5,8,11H,1-3H3,(H,9,10);1-4,8H;1H4/t;;;;;5-;;/m.....1../s1/i;;;;;;;1D. The Morgan fingerprint density at radius 1 is 0.451 bits per heavy atom. The fourth-order valence-corrected chi connectivity index (χ4v) is 12.6. The molecule has 0 aliphatic rings. The van der Waals surface area contributed by atoms with E-state index in [9.17, 15) is 48.7 Å². The maximum Gasteiger partial charge on any atom is 0.374 e. The van der Waals surface area contributed by atoms with Crippen LogP contribution >= 0.6 is 69.6 Å². The van der Waals surface area contributed by atoms with Crippen LogP contribution in [0.3, 0.4) is 0 Å². The van der Waals surface area contributed by atoms with Crippen molar-refractivity contribution in [1.29, 1.82) is 0 Å². The van der Waals surface area contributed by atoms with E-state index in [1.165, 1.54) is 39.2 Å². The highest BCUT2D eigenvalue weighted by molar-refractivity contribution is 6.63. The van der Waals surface area contributed by atoms with E-state index in [1.54, 1.807) is 106 Å². The molecule has 1 aromatic heterocycles. The van der Waals surface area contributed by atoms with Gasteiger partial charge in [0.1, 0.15) is 46.4 Å². The molecule has 2 unspecified atom stereocenters. The molecule has 1 heterocycles. The molecule has 28 heteroatoms. The van der Waals surface area contributed by atoms with E-state index in [1.807, 2.05) is 179 Å². The van der Waals surface area contributed by atoms with Crippen molar-refractivity contribution < 1.29 is 74.4 Å². The third kappa shape index (κ3) is 40.0. The van der Waals surface area contributed by atoms with Crippen LogP contribution in [0.5, 0.6) is 23.0 Å². The van der Waals surface area contributed by atoms with Crippen LogP contribution in [0.25, 0.3) is 11.0 Å². The number of halogens is 6. The van der Waals surface area contributed by atoms with Crippen molar-refractivity contribution in [1.82, 2.24) is 15.7 Å². The molecule has 0 fully saturated rings. The summed E-state index contributed by atoms with van der Waals surface area (Å²) in [5.74, 6) is -0.672. The number of carboxylic acids is 1. The Morgan fingerprint density at radius 3 is 1.28 bits per heavy atom. The Hall–Kier alpha value is -9.88. The van der Waals surface area contributed by atoms with Crippen LogP contribution in [-0.4, -0.2) is 98.3 Å². The highest BCUT2D eigenvalue weighted by atomic mass is 35.5. The molecule has 0 radical (unpaired) electrons. The van der Waals surface area contributed by atoms with Gasteiger partial charge in [-0.1, -0.05) is 271 Å². The number of aryl methyl sites for hydroxylation is 4. The fourth-order valence-electron chi connectivity index (χ4n) is 11.6. The first kappa shape index (κ1) is 103. The van der Waals surface area contributed by atoms with E-state index < -0.39 is 45.2 Å². The molecule has 0 spiro atoms. The van der Waals surface area contributed by atoms with Crippen molar-refractivity contribution in [3.05, 3.63) is 340 Å². The molecule has 11 aromatic rings. The minimum atomic E-state index is -0.930. The molecule has 0 aliphatic heterocycles. The van der Waals surface area contributed by atoms with Crippen molar-refractivity contribution in [3.63, 3.8) is 0 Å². The van der Waals surface area contributed by atoms with Gasteiger partial charge >= 0.3 is 39.1 Å². The van der Waals surface area contributed by atoms with Gasteiger partial charge in [0.25, 0.3) is 0 Å². The van der Waals surface area contributed by atoms with E-state index in [0.717, 1.165) is 34.2 Å². The average molecular weight is 1780 g/mol. The van der Waals surface area contributed by atoms with Crippen molar-refractivity contribution in [2.45, 2.75) is 145 Å².